The van der Waals surface area contributed by atoms with Gasteiger partial charge in [-0.1, -0.05) is 25.7 Å². The average molecular weight is 193 g/mol. The molecule has 0 heterocycles. The van der Waals surface area contributed by atoms with Crippen LogP contribution in [0.1, 0.15) is 51.9 Å². The van der Waals surface area contributed by atoms with Gasteiger partial charge >= 0.3 is 0 Å². The van der Waals surface area contributed by atoms with Crippen molar-refractivity contribution < 1.29 is 0 Å². The summed E-state index contributed by atoms with van der Waals surface area (Å²) < 4.78 is 0. The van der Waals surface area contributed by atoms with Gasteiger partial charge in [-0.25, -0.2) is 0 Å². The molecule has 1 N–H and O–H groups in total. The second-order valence-electron chi connectivity index (χ2n) is 4.58. The first-order chi connectivity index (χ1) is 6.83. The summed E-state index contributed by atoms with van der Waals surface area (Å²) in [6.45, 7) is 3.35. The van der Waals surface area contributed by atoms with Crippen LogP contribution < -0.4 is 5.32 Å². The third-order valence-corrected chi connectivity index (χ3v) is 3.15. The predicted octanol–water partition coefficient (Wildman–Crippen LogP) is 2.96. The molecular formula is C13H23N. The van der Waals surface area contributed by atoms with E-state index in [1.165, 1.54) is 45.1 Å². The summed E-state index contributed by atoms with van der Waals surface area (Å²) in [7, 11) is 0. The number of hydrogen-bond acceptors (Lipinski definition) is 1. The van der Waals surface area contributed by atoms with E-state index in [4.69, 9.17) is 6.42 Å². The molecule has 0 amide bonds. The highest BCUT2D eigenvalue weighted by Crippen LogP contribution is 2.22. The lowest BCUT2D eigenvalue weighted by atomic mass is 10.00. The van der Waals surface area contributed by atoms with Gasteiger partial charge in [-0.15, -0.1) is 12.3 Å². The second kappa shape index (κ2) is 6.90. The fourth-order valence-corrected chi connectivity index (χ4v) is 2.18. The molecule has 0 aromatic rings. The van der Waals surface area contributed by atoms with Gasteiger partial charge in [0.15, 0.2) is 0 Å². The molecule has 1 saturated carbocycles. The van der Waals surface area contributed by atoms with Gasteiger partial charge in [0.05, 0.1) is 0 Å². The first kappa shape index (κ1) is 11.6. The van der Waals surface area contributed by atoms with Crippen LogP contribution in [0.15, 0.2) is 0 Å². The highest BCUT2D eigenvalue weighted by atomic mass is 14.9. The van der Waals surface area contributed by atoms with Crippen LogP contribution in [0.25, 0.3) is 0 Å². The Hall–Kier alpha value is -0.480. The third-order valence-electron chi connectivity index (χ3n) is 3.15. The van der Waals surface area contributed by atoms with Gasteiger partial charge in [0.1, 0.15) is 0 Å². The summed E-state index contributed by atoms with van der Waals surface area (Å²) in [5.41, 5.74) is 0. The van der Waals surface area contributed by atoms with Crippen molar-refractivity contribution in [3.05, 3.63) is 0 Å². The van der Waals surface area contributed by atoms with Crippen molar-refractivity contribution in [2.75, 3.05) is 6.54 Å². The van der Waals surface area contributed by atoms with Crippen molar-refractivity contribution in [2.24, 2.45) is 5.92 Å². The molecule has 1 aliphatic carbocycles. The third kappa shape index (κ3) is 4.67. The van der Waals surface area contributed by atoms with Gasteiger partial charge in [-0.2, -0.15) is 0 Å². The fourth-order valence-electron chi connectivity index (χ4n) is 2.18. The molecule has 1 aliphatic rings. The molecule has 1 heteroatoms. The standard InChI is InChI=1S/C13H23N/c1-3-8-12(2)14-11-13-9-6-4-5-7-10-13/h1,12-14H,4-11H2,2H3. The van der Waals surface area contributed by atoms with E-state index >= 15 is 0 Å². The van der Waals surface area contributed by atoms with Crippen molar-refractivity contribution in [1.82, 2.24) is 5.32 Å². The van der Waals surface area contributed by atoms with E-state index < -0.39 is 0 Å². The Morgan fingerprint density at radius 3 is 2.50 bits per heavy atom. The molecule has 0 saturated heterocycles. The lowest BCUT2D eigenvalue weighted by molar-refractivity contribution is 0.401. The minimum atomic E-state index is 0.489. The van der Waals surface area contributed by atoms with Crippen LogP contribution in [0.4, 0.5) is 0 Å². The molecule has 0 spiro atoms. The molecule has 0 aromatic heterocycles. The van der Waals surface area contributed by atoms with Crippen molar-refractivity contribution in [1.29, 1.82) is 0 Å². The number of nitrogens with one attached hydrogen (secondary N) is 1. The predicted molar refractivity (Wildman–Crippen MR) is 62.1 cm³/mol. The summed E-state index contributed by atoms with van der Waals surface area (Å²) in [6, 6.07) is 0.489. The first-order valence-corrected chi connectivity index (χ1v) is 5.99. The van der Waals surface area contributed by atoms with Gasteiger partial charge in [0, 0.05) is 12.5 Å². The normalized spacial score (nSPS) is 21.1. The summed E-state index contributed by atoms with van der Waals surface area (Å²) in [5.74, 6) is 3.61. The lowest BCUT2D eigenvalue weighted by Crippen LogP contribution is -2.30. The monoisotopic (exact) mass is 193 g/mol. The topological polar surface area (TPSA) is 12.0 Å². The Balaban J connectivity index is 2.13. The van der Waals surface area contributed by atoms with Gasteiger partial charge in [-0.05, 0) is 32.2 Å². The second-order valence-corrected chi connectivity index (χ2v) is 4.58. The molecule has 1 nitrogen and oxygen atoms in total. The highest BCUT2D eigenvalue weighted by molar-refractivity contribution is 4.88. The molecule has 0 aromatic carbocycles. The van der Waals surface area contributed by atoms with Crippen molar-refractivity contribution in [2.45, 2.75) is 57.9 Å². The number of terminal acetylenes is 1. The van der Waals surface area contributed by atoms with E-state index in [1.54, 1.807) is 0 Å². The van der Waals surface area contributed by atoms with Gasteiger partial charge in [-0.3, -0.25) is 0 Å². The largest absolute Gasteiger partial charge is 0.313 e. The van der Waals surface area contributed by atoms with Crippen LogP contribution >= 0.6 is 0 Å². The van der Waals surface area contributed by atoms with Crippen LogP contribution in [-0.2, 0) is 0 Å². The van der Waals surface area contributed by atoms with Crippen LogP contribution in [-0.4, -0.2) is 12.6 Å². The molecule has 1 unspecified atom stereocenters. The molecule has 0 bridgehead atoms. The lowest BCUT2D eigenvalue weighted by Gasteiger charge is -2.17. The zero-order chi connectivity index (χ0) is 10.2. The number of rotatable bonds is 4. The van der Waals surface area contributed by atoms with E-state index in [0.29, 0.717) is 6.04 Å². The van der Waals surface area contributed by atoms with Crippen molar-refractivity contribution in [3.8, 4) is 12.3 Å². The highest BCUT2D eigenvalue weighted by Gasteiger charge is 2.12. The van der Waals surface area contributed by atoms with E-state index in [-0.39, 0.29) is 0 Å². The Kier molecular flexibility index (Phi) is 5.71. The van der Waals surface area contributed by atoms with E-state index in [2.05, 4.69) is 18.2 Å². The van der Waals surface area contributed by atoms with Gasteiger partial charge in [0.25, 0.3) is 0 Å². The van der Waals surface area contributed by atoms with Crippen LogP contribution in [0, 0.1) is 18.3 Å². The zero-order valence-electron chi connectivity index (χ0n) is 9.39. The van der Waals surface area contributed by atoms with Crippen molar-refractivity contribution in [3.63, 3.8) is 0 Å². The maximum Gasteiger partial charge on any atom is 0.0238 e. The fraction of sp³-hybridized carbons (Fsp3) is 0.846. The van der Waals surface area contributed by atoms with E-state index in [9.17, 15) is 0 Å². The zero-order valence-corrected chi connectivity index (χ0v) is 9.39. The Morgan fingerprint density at radius 1 is 1.29 bits per heavy atom. The summed E-state index contributed by atoms with van der Waals surface area (Å²) in [5, 5.41) is 3.54. The van der Waals surface area contributed by atoms with Gasteiger partial charge in [0.2, 0.25) is 0 Å². The van der Waals surface area contributed by atoms with E-state index in [1.807, 2.05) is 0 Å². The summed E-state index contributed by atoms with van der Waals surface area (Å²) >= 11 is 0. The summed E-state index contributed by atoms with van der Waals surface area (Å²) in [4.78, 5) is 0. The molecule has 0 radical (unpaired) electrons. The Morgan fingerprint density at radius 2 is 1.93 bits per heavy atom. The van der Waals surface area contributed by atoms with E-state index in [0.717, 1.165) is 12.3 Å². The Labute approximate surface area is 88.7 Å². The molecule has 1 rings (SSSR count). The van der Waals surface area contributed by atoms with Crippen LogP contribution in [0.5, 0.6) is 0 Å². The van der Waals surface area contributed by atoms with Crippen LogP contribution in [0.3, 0.4) is 0 Å². The maximum atomic E-state index is 5.27. The molecule has 1 atom stereocenters. The Bertz CT molecular complexity index is 172. The minimum Gasteiger partial charge on any atom is -0.313 e. The molecule has 0 aliphatic heterocycles. The minimum absolute atomic E-state index is 0.489. The molecular weight excluding hydrogens is 170 g/mol. The maximum absolute atomic E-state index is 5.27. The van der Waals surface area contributed by atoms with Crippen molar-refractivity contribution >= 4 is 0 Å². The SMILES string of the molecule is C#CCC(C)NCC1CCCCCC1. The summed E-state index contributed by atoms with van der Waals surface area (Å²) in [6.07, 6.45) is 14.7. The molecule has 14 heavy (non-hydrogen) atoms. The van der Waals surface area contributed by atoms with Crippen LogP contribution in [0.2, 0.25) is 0 Å². The number of hydrogen-bond donors (Lipinski definition) is 1. The van der Waals surface area contributed by atoms with Gasteiger partial charge < -0.3 is 5.32 Å². The quantitative estimate of drug-likeness (QED) is 0.534. The average Bonchev–Trinajstić information content (AvgIpc) is 2.43. The molecule has 1 fully saturated rings. The molecule has 80 valence electrons. The first-order valence-electron chi connectivity index (χ1n) is 5.99. The smallest absolute Gasteiger partial charge is 0.0238 e.